The lowest BCUT2D eigenvalue weighted by Crippen LogP contribution is -2.45. The van der Waals surface area contributed by atoms with Gasteiger partial charge in [0.1, 0.15) is 11.8 Å². The van der Waals surface area contributed by atoms with Gasteiger partial charge in [-0.15, -0.1) is 5.10 Å². The highest BCUT2D eigenvalue weighted by Crippen LogP contribution is 2.19. The van der Waals surface area contributed by atoms with Gasteiger partial charge in [0.15, 0.2) is 0 Å². The van der Waals surface area contributed by atoms with Gasteiger partial charge in [-0.25, -0.2) is 0 Å². The van der Waals surface area contributed by atoms with E-state index in [1.165, 1.54) is 19.3 Å². The number of aliphatic hydroxyl groups is 2. The van der Waals surface area contributed by atoms with Crippen molar-refractivity contribution in [2.45, 2.75) is 65.6 Å². The molecule has 0 fully saturated rings. The van der Waals surface area contributed by atoms with Crippen LogP contribution in [-0.4, -0.2) is 43.8 Å². The summed E-state index contributed by atoms with van der Waals surface area (Å²) in [4.78, 5) is 11.8. The standard InChI is InChI=1S/C15H28N4O3/c1-4-5-6-7-8-19-10-12(17-18-19)9-16-14(22)13(21)15(2,3)11-20/h10,13,20-21H,4-9,11H2,1-3H3,(H,16,22)/t13-/m0/s1. The molecule has 22 heavy (non-hydrogen) atoms. The number of aryl methyl sites for hydroxylation is 1. The highest BCUT2D eigenvalue weighted by molar-refractivity contribution is 5.81. The van der Waals surface area contributed by atoms with Crippen LogP contribution in [0.2, 0.25) is 0 Å². The molecular formula is C15H28N4O3. The number of amides is 1. The Morgan fingerprint density at radius 1 is 1.41 bits per heavy atom. The maximum Gasteiger partial charge on any atom is 0.249 e. The van der Waals surface area contributed by atoms with Crippen LogP contribution in [-0.2, 0) is 17.9 Å². The zero-order valence-electron chi connectivity index (χ0n) is 13.7. The summed E-state index contributed by atoms with van der Waals surface area (Å²) in [5.74, 6) is -0.517. The van der Waals surface area contributed by atoms with Crippen molar-refractivity contribution in [3.05, 3.63) is 11.9 Å². The molecule has 1 atom stereocenters. The van der Waals surface area contributed by atoms with Crippen molar-refractivity contribution >= 4 is 5.91 Å². The van der Waals surface area contributed by atoms with Gasteiger partial charge in [0.25, 0.3) is 0 Å². The van der Waals surface area contributed by atoms with Crippen LogP contribution in [0.4, 0.5) is 0 Å². The molecule has 0 spiro atoms. The number of carbonyl (C=O) groups excluding carboxylic acids is 1. The summed E-state index contributed by atoms with van der Waals surface area (Å²) in [6.07, 6.45) is 5.19. The van der Waals surface area contributed by atoms with Crippen LogP contribution >= 0.6 is 0 Å². The summed E-state index contributed by atoms with van der Waals surface area (Å²) in [6, 6.07) is 0. The molecule has 0 aliphatic rings. The first-order valence-electron chi connectivity index (χ1n) is 7.86. The molecule has 0 aromatic carbocycles. The molecule has 1 aromatic rings. The number of carbonyl (C=O) groups is 1. The van der Waals surface area contributed by atoms with Gasteiger partial charge in [-0.2, -0.15) is 0 Å². The van der Waals surface area contributed by atoms with E-state index < -0.39 is 17.4 Å². The summed E-state index contributed by atoms with van der Waals surface area (Å²) in [6.45, 7) is 6.19. The van der Waals surface area contributed by atoms with Gasteiger partial charge in [0.2, 0.25) is 5.91 Å². The van der Waals surface area contributed by atoms with Crippen molar-refractivity contribution in [1.29, 1.82) is 0 Å². The Morgan fingerprint density at radius 2 is 2.14 bits per heavy atom. The Labute approximate surface area is 131 Å². The van der Waals surface area contributed by atoms with Crippen molar-refractivity contribution in [2.75, 3.05) is 6.61 Å². The van der Waals surface area contributed by atoms with E-state index in [9.17, 15) is 9.90 Å². The average Bonchev–Trinajstić information content (AvgIpc) is 2.96. The van der Waals surface area contributed by atoms with E-state index in [-0.39, 0.29) is 13.2 Å². The van der Waals surface area contributed by atoms with Crippen LogP contribution in [0.5, 0.6) is 0 Å². The lowest BCUT2D eigenvalue weighted by molar-refractivity contribution is -0.137. The van der Waals surface area contributed by atoms with Crippen LogP contribution in [0, 0.1) is 5.41 Å². The molecular weight excluding hydrogens is 284 g/mol. The lowest BCUT2D eigenvalue weighted by atomic mass is 9.87. The van der Waals surface area contributed by atoms with Crippen LogP contribution in [0.15, 0.2) is 6.20 Å². The summed E-state index contributed by atoms with van der Waals surface area (Å²) < 4.78 is 1.77. The summed E-state index contributed by atoms with van der Waals surface area (Å²) in [5.41, 5.74) is -0.223. The Kier molecular flexibility index (Phi) is 7.47. The van der Waals surface area contributed by atoms with Crippen molar-refractivity contribution < 1.29 is 15.0 Å². The Hall–Kier alpha value is -1.47. The summed E-state index contributed by atoms with van der Waals surface area (Å²) in [7, 11) is 0. The van der Waals surface area contributed by atoms with Crippen LogP contribution in [0.1, 0.15) is 52.1 Å². The van der Waals surface area contributed by atoms with E-state index in [4.69, 9.17) is 5.11 Å². The number of nitrogens with one attached hydrogen (secondary N) is 1. The van der Waals surface area contributed by atoms with Crippen LogP contribution < -0.4 is 5.32 Å². The molecule has 0 saturated carbocycles. The number of hydrogen-bond donors (Lipinski definition) is 3. The molecule has 0 aliphatic heterocycles. The minimum atomic E-state index is -1.26. The number of unbranched alkanes of at least 4 members (excludes halogenated alkanes) is 3. The fourth-order valence-corrected chi connectivity index (χ4v) is 1.95. The third-order valence-electron chi connectivity index (χ3n) is 3.67. The molecule has 3 N–H and O–H groups in total. The highest BCUT2D eigenvalue weighted by atomic mass is 16.3. The molecule has 1 amide bonds. The van der Waals surface area contributed by atoms with E-state index in [1.807, 2.05) is 0 Å². The Bertz CT molecular complexity index is 459. The number of nitrogens with zero attached hydrogens (tertiary/aromatic N) is 3. The number of hydrogen-bond acceptors (Lipinski definition) is 5. The van der Waals surface area contributed by atoms with Crippen molar-refractivity contribution in [2.24, 2.45) is 5.41 Å². The summed E-state index contributed by atoms with van der Waals surface area (Å²) >= 11 is 0. The maximum atomic E-state index is 11.8. The largest absolute Gasteiger partial charge is 0.396 e. The van der Waals surface area contributed by atoms with Gasteiger partial charge >= 0.3 is 0 Å². The molecule has 0 unspecified atom stereocenters. The second-order valence-electron chi connectivity index (χ2n) is 6.30. The normalized spacial score (nSPS) is 13.1. The molecule has 1 aromatic heterocycles. The third-order valence-corrected chi connectivity index (χ3v) is 3.67. The van der Waals surface area contributed by atoms with Gasteiger partial charge < -0.3 is 15.5 Å². The molecule has 0 aliphatic carbocycles. The van der Waals surface area contributed by atoms with E-state index in [2.05, 4.69) is 22.6 Å². The average molecular weight is 312 g/mol. The molecule has 0 bridgehead atoms. The van der Waals surface area contributed by atoms with E-state index in [1.54, 1.807) is 24.7 Å². The van der Waals surface area contributed by atoms with Gasteiger partial charge in [-0.05, 0) is 6.42 Å². The molecule has 7 heteroatoms. The zero-order chi connectivity index (χ0) is 16.6. The molecule has 126 valence electrons. The number of aromatic nitrogens is 3. The van der Waals surface area contributed by atoms with Crippen molar-refractivity contribution in [3.63, 3.8) is 0 Å². The van der Waals surface area contributed by atoms with Gasteiger partial charge in [0, 0.05) is 12.0 Å². The first-order chi connectivity index (χ1) is 10.4. The third kappa shape index (κ3) is 5.73. The molecule has 0 saturated heterocycles. The van der Waals surface area contributed by atoms with E-state index >= 15 is 0 Å². The fourth-order valence-electron chi connectivity index (χ4n) is 1.95. The quantitative estimate of drug-likeness (QED) is 0.556. The second kappa shape index (κ2) is 8.85. The van der Waals surface area contributed by atoms with Gasteiger partial charge in [-0.3, -0.25) is 9.48 Å². The predicted molar refractivity (Wildman–Crippen MR) is 82.9 cm³/mol. The topological polar surface area (TPSA) is 100 Å². The fraction of sp³-hybridized carbons (Fsp3) is 0.800. The maximum absolute atomic E-state index is 11.8. The Morgan fingerprint density at radius 3 is 2.77 bits per heavy atom. The van der Waals surface area contributed by atoms with Crippen LogP contribution in [0.3, 0.4) is 0 Å². The van der Waals surface area contributed by atoms with E-state index in [0.717, 1.165) is 13.0 Å². The molecule has 0 radical (unpaired) electrons. The smallest absolute Gasteiger partial charge is 0.249 e. The highest BCUT2D eigenvalue weighted by Gasteiger charge is 2.32. The monoisotopic (exact) mass is 312 g/mol. The number of rotatable bonds is 10. The van der Waals surface area contributed by atoms with Crippen molar-refractivity contribution in [3.8, 4) is 0 Å². The molecule has 1 rings (SSSR count). The summed E-state index contributed by atoms with van der Waals surface area (Å²) in [5, 5.41) is 29.7. The minimum Gasteiger partial charge on any atom is -0.396 e. The zero-order valence-corrected chi connectivity index (χ0v) is 13.7. The first-order valence-corrected chi connectivity index (χ1v) is 7.86. The Balaban J connectivity index is 2.39. The molecule has 1 heterocycles. The van der Waals surface area contributed by atoms with Gasteiger partial charge in [0.05, 0.1) is 19.3 Å². The van der Waals surface area contributed by atoms with Gasteiger partial charge in [-0.1, -0.05) is 45.2 Å². The predicted octanol–water partition coefficient (Wildman–Crippen LogP) is 0.854. The lowest BCUT2D eigenvalue weighted by Gasteiger charge is -2.26. The second-order valence-corrected chi connectivity index (χ2v) is 6.30. The van der Waals surface area contributed by atoms with E-state index in [0.29, 0.717) is 5.69 Å². The van der Waals surface area contributed by atoms with Crippen molar-refractivity contribution in [1.82, 2.24) is 20.3 Å². The minimum absolute atomic E-state index is 0.215. The van der Waals surface area contributed by atoms with Crippen LogP contribution in [0.25, 0.3) is 0 Å². The first kappa shape index (κ1) is 18.6. The SMILES string of the molecule is CCCCCCn1cc(CNC(=O)[C@H](O)C(C)(C)CO)nn1. The number of aliphatic hydroxyl groups excluding tert-OH is 2. The molecule has 7 nitrogen and oxygen atoms in total.